The Morgan fingerprint density at radius 3 is 1.80 bits per heavy atom. The van der Waals surface area contributed by atoms with E-state index in [0.717, 1.165) is 0 Å². The largest absolute Gasteiger partial charge is 0.455 e. The van der Waals surface area contributed by atoms with E-state index < -0.39 is 50.8 Å². The predicted molar refractivity (Wildman–Crippen MR) is 105 cm³/mol. The molecule has 176 valence electrons. The van der Waals surface area contributed by atoms with Crippen molar-refractivity contribution in [3.8, 4) is 0 Å². The zero-order valence-electron chi connectivity index (χ0n) is 18.2. The summed E-state index contributed by atoms with van der Waals surface area (Å²) in [4.78, 5) is 12.1. The first kappa shape index (κ1) is 25.9. The van der Waals surface area contributed by atoms with Crippen LogP contribution in [0, 0.1) is 0 Å². The monoisotopic (exact) mass is 474 g/mol. The molecule has 30 heavy (non-hydrogen) atoms. The van der Waals surface area contributed by atoms with Crippen molar-refractivity contribution in [1.29, 1.82) is 0 Å². The fourth-order valence-corrected chi connectivity index (χ4v) is 8.06. The maximum atomic E-state index is 13.4. The molecule has 0 aromatic heterocycles. The molecule has 2 saturated heterocycles. The molecule has 0 aliphatic carbocycles. The number of cyclic esters (lactones) is 1. The summed E-state index contributed by atoms with van der Waals surface area (Å²) in [6.45, 7) is 9.58. The lowest BCUT2D eigenvalue weighted by atomic mass is 10.1. The Bertz CT molecular complexity index is 633. The van der Waals surface area contributed by atoms with Gasteiger partial charge in [-0.3, -0.25) is 9.13 Å². The fourth-order valence-electron chi connectivity index (χ4n) is 3.24. The Balaban J connectivity index is 2.28. The molecule has 0 bridgehead atoms. The summed E-state index contributed by atoms with van der Waals surface area (Å²) in [5.74, 6) is -1.56. The molecule has 11 nitrogen and oxygen atoms in total. The third kappa shape index (κ3) is 5.71. The molecule has 2 rings (SSSR count). The number of fused-ring (bicyclic) bond motifs is 1. The number of rotatable bonds is 13. The highest BCUT2D eigenvalue weighted by Gasteiger charge is 2.58. The standard InChI is InChI=1S/C17H32O11P2/c1-7-22-29(19,23-8-2)16(30(20,24-9-3)25-10-4)21-11-12-13-14(15(18)26-12)28-17(5,6)27-13/h12-14,16H,7-11H2,1-6H3/t12?,13-,14-/m0/s1. The van der Waals surface area contributed by atoms with Crippen LogP contribution in [0.4, 0.5) is 0 Å². The van der Waals surface area contributed by atoms with Crippen molar-refractivity contribution in [2.24, 2.45) is 0 Å². The second-order valence-electron chi connectivity index (χ2n) is 6.91. The SMILES string of the molecule is CCOP(=O)(OCC)C(OCC1OC(=O)[C@H]2OC(C)(C)O[C@@H]12)P(=O)(OCC)OCC. The third-order valence-electron chi connectivity index (χ3n) is 4.18. The Morgan fingerprint density at radius 1 is 0.900 bits per heavy atom. The summed E-state index contributed by atoms with van der Waals surface area (Å²) < 4.78 is 70.6. The van der Waals surface area contributed by atoms with E-state index in [9.17, 15) is 13.9 Å². The van der Waals surface area contributed by atoms with Crippen molar-refractivity contribution >= 4 is 21.2 Å². The summed E-state index contributed by atoms with van der Waals surface area (Å²) in [5, 5.41) is 0. The van der Waals surface area contributed by atoms with Gasteiger partial charge in [0.15, 0.2) is 18.0 Å². The van der Waals surface area contributed by atoms with Gasteiger partial charge in [-0.1, -0.05) is 0 Å². The van der Waals surface area contributed by atoms with Gasteiger partial charge in [-0.2, -0.15) is 0 Å². The highest BCUT2D eigenvalue weighted by molar-refractivity contribution is 7.72. The van der Waals surface area contributed by atoms with Crippen LogP contribution < -0.4 is 0 Å². The lowest BCUT2D eigenvalue weighted by molar-refractivity contribution is -0.190. The van der Waals surface area contributed by atoms with Crippen LogP contribution in [0.15, 0.2) is 0 Å². The van der Waals surface area contributed by atoms with Gasteiger partial charge in [-0.05, 0) is 41.5 Å². The quantitative estimate of drug-likeness (QED) is 0.288. The van der Waals surface area contributed by atoms with Crippen molar-refractivity contribution in [3.05, 3.63) is 0 Å². The van der Waals surface area contributed by atoms with Crippen molar-refractivity contribution in [1.82, 2.24) is 0 Å². The molecule has 0 N–H and O–H groups in total. The first-order valence-electron chi connectivity index (χ1n) is 10.0. The van der Waals surface area contributed by atoms with Gasteiger partial charge in [0.1, 0.15) is 6.10 Å². The van der Waals surface area contributed by atoms with Gasteiger partial charge in [-0.15, -0.1) is 0 Å². The average Bonchev–Trinajstić information content (AvgIpc) is 3.10. The number of ether oxygens (including phenoxy) is 4. The summed E-state index contributed by atoms with van der Waals surface area (Å²) in [7, 11) is -8.17. The number of hydrogen-bond donors (Lipinski definition) is 0. The molecule has 0 amide bonds. The number of carbonyl (C=O) groups is 1. The summed E-state index contributed by atoms with van der Waals surface area (Å²) in [6.07, 6.45) is -2.51. The number of hydrogen-bond acceptors (Lipinski definition) is 11. The maximum absolute atomic E-state index is 13.4. The molecule has 0 spiro atoms. The van der Waals surface area contributed by atoms with E-state index in [2.05, 4.69) is 0 Å². The highest BCUT2D eigenvalue weighted by atomic mass is 31.2. The molecule has 0 radical (unpaired) electrons. The molecule has 3 atom stereocenters. The minimum atomic E-state index is -4.08. The summed E-state index contributed by atoms with van der Waals surface area (Å²) in [5.41, 5.74) is -1.67. The first-order valence-corrected chi connectivity index (χ1v) is 13.2. The third-order valence-corrected chi connectivity index (χ3v) is 9.73. The predicted octanol–water partition coefficient (Wildman–Crippen LogP) is 3.26. The Morgan fingerprint density at radius 2 is 1.37 bits per heavy atom. The maximum Gasteiger partial charge on any atom is 0.371 e. The van der Waals surface area contributed by atoms with Gasteiger partial charge in [0.2, 0.25) is 0 Å². The van der Waals surface area contributed by atoms with Crippen LogP contribution >= 0.6 is 15.2 Å². The second kappa shape index (κ2) is 10.5. The molecule has 13 heteroatoms. The minimum absolute atomic E-state index is 0.0175. The fraction of sp³-hybridized carbons (Fsp3) is 0.941. The van der Waals surface area contributed by atoms with Crippen molar-refractivity contribution in [3.63, 3.8) is 0 Å². The Labute approximate surface area is 177 Å². The number of carbonyl (C=O) groups excluding carboxylic acids is 1. The zero-order valence-corrected chi connectivity index (χ0v) is 20.0. The van der Waals surface area contributed by atoms with E-state index in [0.29, 0.717) is 0 Å². The first-order chi connectivity index (χ1) is 14.1. The molecule has 0 aromatic carbocycles. The second-order valence-corrected chi connectivity index (χ2v) is 11.4. The molecule has 0 saturated carbocycles. The zero-order chi connectivity index (χ0) is 22.6. The summed E-state index contributed by atoms with van der Waals surface area (Å²) in [6, 6.07) is 0. The van der Waals surface area contributed by atoms with Crippen LogP contribution in [0.25, 0.3) is 0 Å². The molecule has 2 aliphatic rings. The van der Waals surface area contributed by atoms with Gasteiger partial charge >= 0.3 is 21.2 Å². The van der Waals surface area contributed by atoms with Gasteiger partial charge in [-0.25, -0.2) is 4.79 Å². The van der Waals surface area contributed by atoms with Crippen LogP contribution in [0.5, 0.6) is 0 Å². The van der Waals surface area contributed by atoms with Crippen LogP contribution in [-0.4, -0.2) is 68.7 Å². The number of esters is 1. The van der Waals surface area contributed by atoms with E-state index >= 15 is 0 Å². The van der Waals surface area contributed by atoms with E-state index in [4.69, 9.17) is 37.0 Å². The van der Waals surface area contributed by atoms with E-state index in [1.165, 1.54) is 0 Å². The van der Waals surface area contributed by atoms with Crippen molar-refractivity contribution < 1.29 is 51.0 Å². The lowest BCUT2D eigenvalue weighted by Crippen LogP contribution is -2.35. The van der Waals surface area contributed by atoms with Crippen LogP contribution in [-0.2, 0) is 51.0 Å². The topological polar surface area (TPSA) is 125 Å². The highest BCUT2D eigenvalue weighted by Crippen LogP contribution is 2.70. The molecule has 1 unspecified atom stereocenters. The Kier molecular flexibility index (Phi) is 9.08. The molecule has 2 aliphatic heterocycles. The van der Waals surface area contributed by atoms with Gasteiger partial charge in [0.25, 0.3) is 5.59 Å². The average molecular weight is 474 g/mol. The summed E-state index contributed by atoms with van der Waals surface area (Å²) >= 11 is 0. The normalized spacial score (nSPS) is 26.2. The van der Waals surface area contributed by atoms with Crippen molar-refractivity contribution in [2.75, 3.05) is 33.0 Å². The van der Waals surface area contributed by atoms with Crippen LogP contribution in [0.1, 0.15) is 41.5 Å². The molecular formula is C17H32O11P2. The van der Waals surface area contributed by atoms with Crippen LogP contribution in [0.2, 0.25) is 0 Å². The lowest BCUT2D eigenvalue weighted by Gasteiger charge is -2.32. The van der Waals surface area contributed by atoms with E-state index in [-0.39, 0.29) is 33.0 Å². The molecular weight excluding hydrogens is 442 g/mol. The molecule has 2 heterocycles. The van der Waals surface area contributed by atoms with Crippen LogP contribution in [0.3, 0.4) is 0 Å². The van der Waals surface area contributed by atoms with Gasteiger partial charge in [0, 0.05) is 0 Å². The van der Waals surface area contributed by atoms with Gasteiger partial charge < -0.3 is 37.0 Å². The smallest absolute Gasteiger partial charge is 0.371 e. The molecule has 0 aromatic rings. The van der Waals surface area contributed by atoms with Gasteiger partial charge in [0.05, 0.1) is 33.0 Å². The minimum Gasteiger partial charge on any atom is -0.455 e. The van der Waals surface area contributed by atoms with E-state index in [1.54, 1.807) is 41.5 Å². The van der Waals surface area contributed by atoms with E-state index in [1.807, 2.05) is 0 Å². The van der Waals surface area contributed by atoms with Crippen molar-refractivity contribution in [2.45, 2.75) is 71.2 Å². The Hall–Kier alpha value is -0.350. The molecule has 2 fully saturated rings.